The van der Waals surface area contributed by atoms with Gasteiger partial charge in [-0.25, -0.2) is 0 Å². The average molecular weight is 397 g/mol. The van der Waals surface area contributed by atoms with Gasteiger partial charge in [-0.3, -0.25) is 14.4 Å². The predicted molar refractivity (Wildman–Crippen MR) is 102 cm³/mol. The Bertz CT molecular complexity index is 824. The summed E-state index contributed by atoms with van der Waals surface area (Å²) in [6, 6.07) is 6.33. The molecule has 0 spiro atoms. The van der Waals surface area contributed by atoms with E-state index in [1.807, 2.05) is 0 Å². The van der Waals surface area contributed by atoms with Crippen molar-refractivity contribution in [3.8, 4) is 0 Å². The van der Waals surface area contributed by atoms with Crippen molar-refractivity contribution in [1.82, 2.24) is 5.16 Å². The molecule has 0 saturated carbocycles. The Morgan fingerprint density at radius 1 is 1.08 bits per heavy atom. The van der Waals surface area contributed by atoms with Gasteiger partial charge >= 0.3 is 0 Å². The van der Waals surface area contributed by atoms with E-state index in [2.05, 4.69) is 21.1 Å². The molecule has 3 N–H and O–H groups in total. The third-order valence-corrected chi connectivity index (χ3v) is 4.10. The molecule has 0 aliphatic rings. The summed E-state index contributed by atoms with van der Waals surface area (Å²) in [6.45, 7) is 3.08. The van der Waals surface area contributed by atoms with E-state index in [4.69, 9.17) is 16.1 Å². The Morgan fingerprint density at radius 3 is 2.38 bits per heavy atom. The van der Waals surface area contributed by atoms with Crippen molar-refractivity contribution >= 4 is 58.3 Å². The van der Waals surface area contributed by atoms with E-state index < -0.39 is 0 Å². The first-order valence-electron chi connectivity index (χ1n) is 7.51. The summed E-state index contributed by atoms with van der Waals surface area (Å²) in [5, 5.41) is 11.9. The van der Waals surface area contributed by atoms with Crippen LogP contribution in [0.2, 0.25) is 5.02 Å². The molecular formula is C16H17ClN4O4S. The van der Waals surface area contributed by atoms with Gasteiger partial charge in [0, 0.05) is 18.0 Å². The van der Waals surface area contributed by atoms with Crippen LogP contribution in [0.3, 0.4) is 0 Å². The molecule has 0 saturated heterocycles. The van der Waals surface area contributed by atoms with E-state index in [-0.39, 0.29) is 29.2 Å². The summed E-state index contributed by atoms with van der Waals surface area (Å²) < 4.78 is 4.85. The Kier molecular flexibility index (Phi) is 7.05. The fourth-order valence-electron chi connectivity index (χ4n) is 1.95. The molecule has 0 aliphatic heterocycles. The van der Waals surface area contributed by atoms with E-state index in [0.717, 1.165) is 11.8 Å². The maximum absolute atomic E-state index is 12.1. The second-order valence-electron chi connectivity index (χ2n) is 5.28. The Balaban J connectivity index is 1.82. The number of carbonyl (C=O) groups is 3. The standard InChI is InChI=1S/C16H17ClN4O4S/c1-9-5-14(21-25-9)20-16(24)8-26-7-15(23)19-13-6-11(17)3-4-12(13)18-10(2)22/h3-6H,7-8H2,1-2H3,(H,18,22)(H,19,23)(H,20,21,24). The zero-order valence-corrected chi connectivity index (χ0v) is 15.7. The topological polar surface area (TPSA) is 113 Å². The summed E-state index contributed by atoms with van der Waals surface area (Å²) in [4.78, 5) is 35.0. The van der Waals surface area contributed by atoms with Crippen molar-refractivity contribution in [3.63, 3.8) is 0 Å². The van der Waals surface area contributed by atoms with Crippen LogP contribution >= 0.6 is 23.4 Å². The minimum atomic E-state index is -0.325. The van der Waals surface area contributed by atoms with Crippen LogP contribution in [0.4, 0.5) is 17.2 Å². The van der Waals surface area contributed by atoms with E-state index in [1.54, 1.807) is 25.1 Å². The monoisotopic (exact) mass is 396 g/mol. The SMILES string of the molecule is CC(=O)Nc1ccc(Cl)cc1NC(=O)CSCC(=O)Nc1cc(C)on1. The average Bonchev–Trinajstić information content (AvgIpc) is 2.94. The van der Waals surface area contributed by atoms with Gasteiger partial charge in [-0.2, -0.15) is 0 Å². The highest BCUT2D eigenvalue weighted by Crippen LogP contribution is 2.26. The molecule has 138 valence electrons. The van der Waals surface area contributed by atoms with Gasteiger partial charge in [-0.05, 0) is 25.1 Å². The fourth-order valence-corrected chi connectivity index (χ4v) is 2.73. The molecule has 0 bridgehead atoms. The Hall–Kier alpha value is -2.52. The van der Waals surface area contributed by atoms with Crippen LogP contribution in [0.25, 0.3) is 0 Å². The van der Waals surface area contributed by atoms with E-state index in [0.29, 0.717) is 28.0 Å². The largest absolute Gasteiger partial charge is 0.360 e. The van der Waals surface area contributed by atoms with Gasteiger partial charge in [0.25, 0.3) is 0 Å². The molecule has 0 unspecified atom stereocenters. The lowest BCUT2D eigenvalue weighted by molar-refractivity contribution is -0.115. The van der Waals surface area contributed by atoms with Crippen LogP contribution in [-0.2, 0) is 14.4 Å². The lowest BCUT2D eigenvalue weighted by atomic mass is 10.2. The second-order valence-corrected chi connectivity index (χ2v) is 6.71. The van der Waals surface area contributed by atoms with Gasteiger partial charge < -0.3 is 20.5 Å². The zero-order chi connectivity index (χ0) is 19.1. The molecule has 0 radical (unpaired) electrons. The third kappa shape index (κ3) is 6.41. The number of nitrogens with one attached hydrogen (secondary N) is 3. The molecule has 2 aromatic rings. The molecule has 0 aliphatic carbocycles. The number of benzene rings is 1. The van der Waals surface area contributed by atoms with Crippen molar-refractivity contribution in [2.45, 2.75) is 13.8 Å². The van der Waals surface area contributed by atoms with Crippen LogP contribution in [0.5, 0.6) is 0 Å². The van der Waals surface area contributed by atoms with Gasteiger partial charge in [0.15, 0.2) is 5.82 Å². The summed E-state index contributed by atoms with van der Waals surface area (Å²) in [5.41, 5.74) is 0.834. The number of amides is 3. The van der Waals surface area contributed by atoms with Crippen LogP contribution in [0, 0.1) is 6.92 Å². The van der Waals surface area contributed by atoms with Crippen LogP contribution in [-0.4, -0.2) is 34.4 Å². The molecule has 10 heteroatoms. The van der Waals surface area contributed by atoms with Crippen molar-refractivity contribution in [3.05, 3.63) is 35.0 Å². The number of halogens is 1. The third-order valence-electron chi connectivity index (χ3n) is 2.93. The van der Waals surface area contributed by atoms with Gasteiger partial charge in [-0.1, -0.05) is 16.8 Å². The Morgan fingerprint density at radius 2 is 1.77 bits per heavy atom. The first-order valence-corrected chi connectivity index (χ1v) is 9.04. The van der Waals surface area contributed by atoms with Gasteiger partial charge in [-0.15, -0.1) is 11.8 Å². The predicted octanol–water partition coefficient (Wildman–Crippen LogP) is 2.91. The quantitative estimate of drug-likeness (QED) is 0.663. The Labute approximate surface area is 159 Å². The maximum atomic E-state index is 12.1. The van der Waals surface area contributed by atoms with E-state index in [1.165, 1.54) is 13.0 Å². The van der Waals surface area contributed by atoms with Crippen LogP contribution in [0.15, 0.2) is 28.8 Å². The number of rotatable bonds is 7. The van der Waals surface area contributed by atoms with Crippen molar-refractivity contribution in [1.29, 1.82) is 0 Å². The van der Waals surface area contributed by atoms with Crippen molar-refractivity contribution in [2.75, 3.05) is 27.5 Å². The highest BCUT2D eigenvalue weighted by molar-refractivity contribution is 8.00. The fraction of sp³-hybridized carbons (Fsp3) is 0.250. The second kappa shape index (κ2) is 9.25. The van der Waals surface area contributed by atoms with E-state index in [9.17, 15) is 14.4 Å². The molecule has 3 amide bonds. The number of nitrogens with zero attached hydrogens (tertiary/aromatic N) is 1. The normalized spacial score (nSPS) is 10.3. The minimum absolute atomic E-state index is 0.0529. The number of aromatic nitrogens is 1. The maximum Gasteiger partial charge on any atom is 0.235 e. The minimum Gasteiger partial charge on any atom is -0.360 e. The summed E-state index contributed by atoms with van der Waals surface area (Å²) in [5.74, 6) is 0.161. The molecule has 1 aromatic carbocycles. The molecule has 0 fully saturated rings. The lowest BCUT2D eigenvalue weighted by Crippen LogP contribution is -2.19. The highest BCUT2D eigenvalue weighted by atomic mass is 35.5. The van der Waals surface area contributed by atoms with Gasteiger partial charge in [0.05, 0.1) is 22.9 Å². The summed E-state index contributed by atoms with van der Waals surface area (Å²) >= 11 is 7.06. The molecule has 1 aromatic heterocycles. The number of thioether (sulfide) groups is 1. The molecule has 0 atom stereocenters. The first kappa shape index (κ1) is 19.8. The van der Waals surface area contributed by atoms with Crippen LogP contribution < -0.4 is 16.0 Å². The van der Waals surface area contributed by atoms with Crippen molar-refractivity contribution < 1.29 is 18.9 Å². The number of hydrogen-bond acceptors (Lipinski definition) is 6. The highest BCUT2D eigenvalue weighted by Gasteiger charge is 2.11. The van der Waals surface area contributed by atoms with Crippen LogP contribution in [0.1, 0.15) is 12.7 Å². The molecule has 26 heavy (non-hydrogen) atoms. The molecular weight excluding hydrogens is 380 g/mol. The number of aryl methyl sites for hydroxylation is 1. The zero-order valence-electron chi connectivity index (χ0n) is 14.1. The number of hydrogen-bond donors (Lipinski definition) is 3. The first-order chi connectivity index (χ1) is 12.3. The lowest BCUT2D eigenvalue weighted by Gasteiger charge is -2.11. The summed E-state index contributed by atoms with van der Waals surface area (Å²) in [7, 11) is 0. The van der Waals surface area contributed by atoms with Gasteiger partial charge in [0.2, 0.25) is 17.7 Å². The summed E-state index contributed by atoms with van der Waals surface area (Å²) in [6.07, 6.45) is 0. The smallest absolute Gasteiger partial charge is 0.235 e. The van der Waals surface area contributed by atoms with E-state index >= 15 is 0 Å². The van der Waals surface area contributed by atoms with Crippen molar-refractivity contribution in [2.24, 2.45) is 0 Å². The van der Waals surface area contributed by atoms with Gasteiger partial charge in [0.1, 0.15) is 5.76 Å². The number of anilines is 3. The molecule has 8 nitrogen and oxygen atoms in total. The molecule has 1 heterocycles. The molecule has 2 rings (SSSR count). The number of carbonyl (C=O) groups excluding carboxylic acids is 3.